The lowest BCUT2D eigenvalue weighted by molar-refractivity contribution is 0.143. The standard InChI is InChI=1S/C18H31N3O.HI/c1-5-22-13-7-6-11-20-18(19-4)21-12-10-17-9-8-15(2)14-16(17)3;/h8-9,14H,5-7,10-13H2,1-4H3,(H2,19,20,21);1H. The summed E-state index contributed by atoms with van der Waals surface area (Å²) in [5.41, 5.74) is 4.07. The summed E-state index contributed by atoms with van der Waals surface area (Å²) >= 11 is 0. The number of ether oxygens (including phenoxy) is 1. The van der Waals surface area contributed by atoms with Gasteiger partial charge in [0, 0.05) is 33.4 Å². The van der Waals surface area contributed by atoms with Crippen molar-refractivity contribution < 1.29 is 4.74 Å². The maximum atomic E-state index is 5.33. The highest BCUT2D eigenvalue weighted by Gasteiger charge is 2.00. The quantitative estimate of drug-likeness (QED) is 0.272. The van der Waals surface area contributed by atoms with E-state index >= 15 is 0 Å². The first-order chi connectivity index (χ1) is 10.7. The minimum absolute atomic E-state index is 0. The van der Waals surface area contributed by atoms with E-state index in [2.05, 4.69) is 47.7 Å². The Bertz CT molecular complexity index is 464. The van der Waals surface area contributed by atoms with Crippen LogP contribution in [0.15, 0.2) is 23.2 Å². The van der Waals surface area contributed by atoms with Crippen LogP contribution in [-0.4, -0.2) is 39.3 Å². The first-order valence-corrected chi connectivity index (χ1v) is 8.25. The van der Waals surface area contributed by atoms with Crippen LogP contribution in [-0.2, 0) is 11.2 Å². The minimum Gasteiger partial charge on any atom is -0.382 e. The predicted octanol–water partition coefficient (Wildman–Crippen LogP) is 3.45. The molecule has 0 atom stereocenters. The third-order valence-corrected chi connectivity index (χ3v) is 3.62. The van der Waals surface area contributed by atoms with Gasteiger partial charge in [-0.2, -0.15) is 0 Å². The van der Waals surface area contributed by atoms with E-state index in [1.807, 2.05) is 14.0 Å². The number of unbranched alkanes of at least 4 members (excludes halogenated alkanes) is 1. The van der Waals surface area contributed by atoms with Crippen molar-refractivity contribution in [2.75, 3.05) is 33.4 Å². The Balaban J connectivity index is 0.00000484. The van der Waals surface area contributed by atoms with Crippen LogP contribution >= 0.6 is 24.0 Å². The summed E-state index contributed by atoms with van der Waals surface area (Å²) in [5.74, 6) is 0.876. The zero-order valence-corrected chi connectivity index (χ0v) is 17.3. The molecule has 4 nitrogen and oxygen atoms in total. The maximum Gasteiger partial charge on any atom is 0.190 e. The number of guanidine groups is 1. The van der Waals surface area contributed by atoms with Crippen LogP contribution in [0.2, 0.25) is 0 Å². The molecule has 0 aliphatic carbocycles. The van der Waals surface area contributed by atoms with E-state index in [0.29, 0.717) is 0 Å². The highest BCUT2D eigenvalue weighted by Crippen LogP contribution is 2.10. The van der Waals surface area contributed by atoms with Gasteiger partial charge >= 0.3 is 0 Å². The van der Waals surface area contributed by atoms with Crippen LogP contribution in [0.3, 0.4) is 0 Å². The number of halogens is 1. The van der Waals surface area contributed by atoms with E-state index < -0.39 is 0 Å². The van der Waals surface area contributed by atoms with Gasteiger partial charge in [-0.1, -0.05) is 23.8 Å². The largest absolute Gasteiger partial charge is 0.382 e. The van der Waals surface area contributed by atoms with Crippen LogP contribution in [0, 0.1) is 13.8 Å². The van der Waals surface area contributed by atoms with Gasteiger partial charge in [0.1, 0.15) is 0 Å². The van der Waals surface area contributed by atoms with Crippen molar-refractivity contribution in [3.05, 3.63) is 34.9 Å². The van der Waals surface area contributed by atoms with E-state index in [1.165, 1.54) is 16.7 Å². The molecule has 0 aromatic heterocycles. The molecule has 23 heavy (non-hydrogen) atoms. The topological polar surface area (TPSA) is 45.6 Å². The Kier molecular flexibility index (Phi) is 13.1. The average molecular weight is 433 g/mol. The van der Waals surface area contributed by atoms with Crippen LogP contribution in [0.1, 0.15) is 36.5 Å². The molecule has 0 unspecified atom stereocenters. The van der Waals surface area contributed by atoms with Crippen LogP contribution in [0.25, 0.3) is 0 Å². The first kappa shape index (κ1) is 22.2. The van der Waals surface area contributed by atoms with E-state index in [-0.39, 0.29) is 24.0 Å². The number of nitrogens with one attached hydrogen (secondary N) is 2. The lowest BCUT2D eigenvalue weighted by Crippen LogP contribution is -2.38. The Morgan fingerprint density at radius 2 is 1.87 bits per heavy atom. The van der Waals surface area contributed by atoms with Crippen LogP contribution in [0.5, 0.6) is 0 Å². The molecular weight excluding hydrogens is 401 g/mol. The second kappa shape index (κ2) is 13.6. The van der Waals surface area contributed by atoms with Gasteiger partial charge in [-0.15, -0.1) is 24.0 Å². The van der Waals surface area contributed by atoms with Gasteiger partial charge in [0.05, 0.1) is 0 Å². The Morgan fingerprint density at radius 3 is 2.52 bits per heavy atom. The first-order valence-electron chi connectivity index (χ1n) is 8.25. The molecule has 1 rings (SSSR count). The van der Waals surface area contributed by atoms with Crippen molar-refractivity contribution in [2.45, 2.75) is 40.0 Å². The van der Waals surface area contributed by atoms with Gasteiger partial charge in [0.2, 0.25) is 0 Å². The van der Waals surface area contributed by atoms with Gasteiger partial charge in [-0.3, -0.25) is 4.99 Å². The fourth-order valence-electron chi connectivity index (χ4n) is 2.34. The number of hydrogen-bond donors (Lipinski definition) is 2. The maximum absolute atomic E-state index is 5.33. The van der Waals surface area contributed by atoms with Gasteiger partial charge < -0.3 is 15.4 Å². The van der Waals surface area contributed by atoms with E-state index in [4.69, 9.17) is 4.74 Å². The van der Waals surface area contributed by atoms with Gasteiger partial charge in [0.15, 0.2) is 5.96 Å². The highest BCUT2D eigenvalue weighted by atomic mass is 127. The van der Waals surface area contributed by atoms with Gasteiger partial charge in [0.25, 0.3) is 0 Å². The van der Waals surface area contributed by atoms with Crippen molar-refractivity contribution >= 4 is 29.9 Å². The normalized spacial score (nSPS) is 11.0. The van der Waals surface area contributed by atoms with E-state index in [0.717, 1.165) is 51.5 Å². The molecule has 132 valence electrons. The number of aliphatic imine (C=N–C) groups is 1. The van der Waals surface area contributed by atoms with Crippen molar-refractivity contribution in [1.82, 2.24) is 10.6 Å². The molecular formula is C18H32IN3O. The summed E-state index contributed by atoms with van der Waals surface area (Å²) in [6.45, 7) is 9.80. The molecule has 0 radical (unpaired) electrons. The van der Waals surface area contributed by atoms with E-state index in [9.17, 15) is 0 Å². The van der Waals surface area contributed by atoms with Crippen molar-refractivity contribution in [3.8, 4) is 0 Å². The van der Waals surface area contributed by atoms with Crippen LogP contribution in [0.4, 0.5) is 0 Å². The molecule has 0 bridgehead atoms. The zero-order valence-electron chi connectivity index (χ0n) is 14.9. The molecule has 1 aromatic rings. The second-order valence-electron chi connectivity index (χ2n) is 5.51. The van der Waals surface area contributed by atoms with Gasteiger partial charge in [-0.05, 0) is 51.2 Å². The zero-order chi connectivity index (χ0) is 16.2. The summed E-state index contributed by atoms with van der Waals surface area (Å²) in [6, 6.07) is 6.63. The van der Waals surface area contributed by atoms with E-state index in [1.54, 1.807) is 0 Å². The molecule has 0 spiro atoms. The summed E-state index contributed by atoms with van der Waals surface area (Å²) in [4.78, 5) is 4.25. The Morgan fingerprint density at radius 1 is 1.13 bits per heavy atom. The van der Waals surface area contributed by atoms with Crippen molar-refractivity contribution in [2.24, 2.45) is 4.99 Å². The number of rotatable bonds is 9. The number of benzene rings is 1. The molecule has 1 aromatic carbocycles. The summed E-state index contributed by atoms with van der Waals surface area (Å²) in [7, 11) is 1.81. The summed E-state index contributed by atoms with van der Waals surface area (Å²) < 4.78 is 5.33. The Labute approximate surface area is 158 Å². The SMILES string of the molecule is CCOCCCCNC(=NC)NCCc1ccc(C)cc1C.I. The van der Waals surface area contributed by atoms with Crippen molar-refractivity contribution in [3.63, 3.8) is 0 Å². The fourth-order valence-corrected chi connectivity index (χ4v) is 2.34. The Hall–Kier alpha value is -0.820. The third kappa shape index (κ3) is 9.81. The molecule has 0 saturated carbocycles. The lowest BCUT2D eigenvalue weighted by atomic mass is 10.0. The van der Waals surface area contributed by atoms with Crippen molar-refractivity contribution in [1.29, 1.82) is 0 Å². The summed E-state index contributed by atoms with van der Waals surface area (Å²) in [5, 5.41) is 6.71. The smallest absolute Gasteiger partial charge is 0.190 e. The molecule has 0 aliphatic rings. The number of hydrogen-bond acceptors (Lipinski definition) is 2. The number of nitrogens with zero attached hydrogens (tertiary/aromatic N) is 1. The minimum atomic E-state index is 0. The average Bonchev–Trinajstić information content (AvgIpc) is 2.50. The lowest BCUT2D eigenvalue weighted by Gasteiger charge is -2.13. The molecule has 0 saturated heterocycles. The molecule has 0 aliphatic heterocycles. The summed E-state index contributed by atoms with van der Waals surface area (Å²) in [6.07, 6.45) is 3.19. The molecule has 0 fully saturated rings. The monoisotopic (exact) mass is 433 g/mol. The molecule has 0 heterocycles. The fraction of sp³-hybridized carbons (Fsp3) is 0.611. The molecule has 0 amide bonds. The van der Waals surface area contributed by atoms with Crippen LogP contribution < -0.4 is 10.6 Å². The highest BCUT2D eigenvalue weighted by molar-refractivity contribution is 14.0. The third-order valence-electron chi connectivity index (χ3n) is 3.62. The molecule has 5 heteroatoms. The second-order valence-corrected chi connectivity index (χ2v) is 5.51. The number of aryl methyl sites for hydroxylation is 2. The molecule has 2 N–H and O–H groups in total. The van der Waals surface area contributed by atoms with Gasteiger partial charge in [-0.25, -0.2) is 0 Å². The predicted molar refractivity (Wildman–Crippen MR) is 110 cm³/mol.